The lowest BCUT2D eigenvalue weighted by molar-refractivity contribution is 0.414. The molecule has 1 fully saturated rings. The number of nitrogens with one attached hydrogen (secondary N) is 1. The largest absolute Gasteiger partial charge is 0.497 e. The predicted molar refractivity (Wildman–Crippen MR) is 60.3 cm³/mol. The van der Waals surface area contributed by atoms with Crippen LogP contribution in [0.25, 0.3) is 0 Å². The molecule has 6 heteroatoms. The number of hydrogen-bond acceptors (Lipinski definition) is 3. The monoisotopic (exact) mass is 242 g/mol. The highest BCUT2D eigenvalue weighted by Gasteiger charge is 2.31. The second kappa shape index (κ2) is 4.40. The smallest absolute Gasteiger partial charge is 0.279 e. The summed E-state index contributed by atoms with van der Waals surface area (Å²) in [5, 5.41) is 0. The lowest BCUT2D eigenvalue weighted by atomic mass is 10.2. The van der Waals surface area contributed by atoms with E-state index in [0.717, 1.165) is 11.3 Å². The van der Waals surface area contributed by atoms with Gasteiger partial charge in [-0.2, -0.15) is 17.4 Å². The van der Waals surface area contributed by atoms with E-state index in [1.807, 2.05) is 12.1 Å². The van der Waals surface area contributed by atoms with Crippen LogP contribution in [0, 0.1) is 0 Å². The fourth-order valence-electron chi connectivity index (χ4n) is 1.29. The number of ether oxygens (including phenoxy) is 1. The molecule has 1 N–H and O–H groups in total. The molecular formula is C10H14N2O3S. The lowest BCUT2D eigenvalue weighted by Crippen LogP contribution is -2.29. The highest BCUT2D eigenvalue weighted by atomic mass is 32.2. The molecule has 0 amide bonds. The van der Waals surface area contributed by atoms with E-state index in [0.29, 0.717) is 19.6 Å². The molecule has 1 aliphatic heterocycles. The first-order chi connectivity index (χ1) is 7.62. The fourth-order valence-corrected chi connectivity index (χ4v) is 2.38. The molecule has 0 spiro atoms. The molecule has 1 saturated heterocycles. The summed E-state index contributed by atoms with van der Waals surface area (Å²) < 4.78 is 31.9. The molecule has 0 atom stereocenters. The highest BCUT2D eigenvalue weighted by molar-refractivity contribution is 7.87. The Kier molecular flexibility index (Phi) is 3.13. The van der Waals surface area contributed by atoms with E-state index in [9.17, 15) is 8.42 Å². The van der Waals surface area contributed by atoms with Gasteiger partial charge in [0.15, 0.2) is 0 Å². The summed E-state index contributed by atoms with van der Waals surface area (Å²) >= 11 is 0. The zero-order chi connectivity index (χ0) is 11.6. The Bertz CT molecular complexity index is 451. The minimum atomic E-state index is -3.25. The predicted octanol–water partition coefficient (Wildman–Crippen LogP) is 0.345. The van der Waals surface area contributed by atoms with Crippen molar-refractivity contribution >= 4 is 10.2 Å². The molecule has 0 saturated carbocycles. The van der Waals surface area contributed by atoms with Crippen molar-refractivity contribution in [2.75, 3.05) is 20.2 Å². The van der Waals surface area contributed by atoms with Crippen LogP contribution in [0.1, 0.15) is 5.56 Å². The normalized spacial score (nSPS) is 16.1. The molecule has 0 aromatic heterocycles. The van der Waals surface area contributed by atoms with Crippen molar-refractivity contribution in [3.8, 4) is 5.75 Å². The summed E-state index contributed by atoms with van der Waals surface area (Å²) in [6.45, 7) is 1.55. The number of benzene rings is 1. The Labute approximate surface area is 95.2 Å². The maximum Gasteiger partial charge on any atom is 0.279 e. The molecule has 0 radical (unpaired) electrons. The Morgan fingerprint density at radius 3 is 2.44 bits per heavy atom. The molecule has 1 aromatic rings. The van der Waals surface area contributed by atoms with Gasteiger partial charge >= 0.3 is 0 Å². The summed E-state index contributed by atoms with van der Waals surface area (Å²) in [4.78, 5) is 0. The average molecular weight is 242 g/mol. The lowest BCUT2D eigenvalue weighted by Gasteiger charge is -2.07. The summed E-state index contributed by atoms with van der Waals surface area (Å²) in [7, 11) is -1.65. The molecule has 1 heterocycles. The van der Waals surface area contributed by atoms with Crippen LogP contribution in [0.5, 0.6) is 5.75 Å². The second-order valence-electron chi connectivity index (χ2n) is 3.57. The average Bonchev–Trinajstić information content (AvgIpc) is 3.11. The third-order valence-electron chi connectivity index (χ3n) is 2.36. The van der Waals surface area contributed by atoms with Crippen LogP contribution < -0.4 is 9.46 Å². The number of nitrogens with zero attached hydrogens (tertiary/aromatic N) is 1. The van der Waals surface area contributed by atoms with E-state index < -0.39 is 10.2 Å². The van der Waals surface area contributed by atoms with Gasteiger partial charge in [0, 0.05) is 19.6 Å². The van der Waals surface area contributed by atoms with E-state index in [2.05, 4.69) is 4.72 Å². The molecular weight excluding hydrogens is 228 g/mol. The van der Waals surface area contributed by atoms with Crippen LogP contribution >= 0.6 is 0 Å². The van der Waals surface area contributed by atoms with E-state index in [4.69, 9.17) is 4.74 Å². The Morgan fingerprint density at radius 2 is 1.94 bits per heavy atom. The van der Waals surface area contributed by atoms with Gasteiger partial charge in [0.2, 0.25) is 0 Å². The minimum absolute atomic E-state index is 0.308. The minimum Gasteiger partial charge on any atom is -0.497 e. The maximum absolute atomic E-state index is 11.5. The van der Waals surface area contributed by atoms with Crippen molar-refractivity contribution in [1.82, 2.24) is 9.03 Å². The van der Waals surface area contributed by atoms with Gasteiger partial charge in [0.05, 0.1) is 7.11 Å². The standard InChI is InChI=1S/C10H14N2O3S/c1-15-10-4-2-9(3-5-10)8-11-16(13,14)12-6-7-12/h2-5,11H,6-8H2,1H3. The zero-order valence-corrected chi connectivity index (χ0v) is 9.83. The van der Waals surface area contributed by atoms with Crippen molar-refractivity contribution in [1.29, 1.82) is 0 Å². The molecule has 0 aliphatic carbocycles. The summed E-state index contributed by atoms with van der Waals surface area (Å²) in [6.07, 6.45) is 0. The van der Waals surface area contributed by atoms with Gasteiger partial charge in [-0.05, 0) is 17.7 Å². The van der Waals surface area contributed by atoms with Crippen molar-refractivity contribution < 1.29 is 13.2 Å². The van der Waals surface area contributed by atoms with Gasteiger partial charge in [0.1, 0.15) is 5.75 Å². The second-order valence-corrected chi connectivity index (χ2v) is 5.33. The van der Waals surface area contributed by atoms with Crippen LogP contribution in [0.2, 0.25) is 0 Å². The van der Waals surface area contributed by atoms with E-state index in [1.54, 1.807) is 19.2 Å². The van der Waals surface area contributed by atoms with E-state index in [-0.39, 0.29) is 0 Å². The molecule has 0 unspecified atom stereocenters. The molecule has 5 nitrogen and oxygen atoms in total. The van der Waals surface area contributed by atoms with Gasteiger partial charge in [-0.3, -0.25) is 0 Å². The van der Waals surface area contributed by atoms with Crippen molar-refractivity contribution in [2.24, 2.45) is 0 Å². The molecule has 88 valence electrons. The van der Waals surface area contributed by atoms with Crippen LogP contribution in [-0.4, -0.2) is 32.9 Å². The first-order valence-electron chi connectivity index (χ1n) is 4.99. The quantitative estimate of drug-likeness (QED) is 0.758. The molecule has 1 aromatic carbocycles. The van der Waals surface area contributed by atoms with Crippen LogP contribution in [0.15, 0.2) is 24.3 Å². The van der Waals surface area contributed by atoms with Crippen LogP contribution in [0.3, 0.4) is 0 Å². The van der Waals surface area contributed by atoms with Crippen molar-refractivity contribution in [2.45, 2.75) is 6.54 Å². The summed E-state index contributed by atoms with van der Waals surface area (Å²) in [6, 6.07) is 7.29. The van der Waals surface area contributed by atoms with Gasteiger partial charge in [-0.25, -0.2) is 0 Å². The zero-order valence-electron chi connectivity index (χ0n) is 9.01. The summed E-state index contributed by atoms with van der Waals surface area (Å²) in [5.41, 5.74) is 0.909. The topological polar surface area (TPSA) is 58.4 Å². The van der Waals surface area contributed by atoms with Gasteiger partial charge in [0.25, 0.3) is 10.2 Å². The molecule has 16 heavy (non-hydrogen) atoms. The maximum atomic E-state index is 11.5. The molecule has 0 bridgehead atoms. The number of rotatable bonds is 5. The van der Waals surface area contributed by atoms with Crippen LogP contribution in [-0.2, 0) is 16.8 Å². The number of hydrogen-bond donors (Lipinski definition) is 1. The third-order valence-corrected chi connectivity index (χ3v) is 3.92. The fraction of sp³-hybridized carbons (Fsp3) is 0.400. The van der Waals surface area contributed by atoms with Gasteiger partial charge in [-0.15, -0.1) is 0 Å². The molecule has 1 aliphatic rings. The van der Waals surface area contributed by atoms with Crippen molar-refractivity contribution in [3.05, 3.63) is 29.8 Å². The number of methoxy groups -OCH3 is 1. The van der Waals surface area contributed by atoms with E-state index in [1.165, 1.54) is 4.31 Å². The van der Waals surface area contributed by atoms with Gasteiger partial charge in [-0.1, -0.05) is 12.1 Å². The summed E-state index contributed by atoms with van der Waals surface area (Å²) in [5.74, 6) is 0.762. The highest BCUT2D eigenvalue weighted by Crippen LogP contribution is 2.13. The first-order valence-corrected chi connectivity index (χ1v) is 6.43. The first kappa shape index (κ1) is 11.4. The van der Waals surface area contributed by atoms with E-state index >= 15 is 0 Å². The Morgan fingerprint density at radius 1 is 1.31 bits per heavy atom. The van der Waals surface area contributed by atoms with Crippen molar-refractivity contribution in [3.63, 3.8) is 0 Å². The Balaban J connectivity index is 1.94. The Hall–Kier alpha value is -1.11. The van der Waals surface area contributed by atoms with Crippen LogP contribution in [0.4, 0.5) is 0 Å². The molecule has 2 rings (SSSR count). The SMILES string of the molecule is COc1ccc(CNS(=O)(=O)N2CC2)cc1. The third kappa shape index (κ3) is 2.72. The van der Waals surface area contributed by atoms with Gasteiger partial charge < -0.3 is 4.74 Å².